The molecule has 0 radical (unpaired) electrons. The number of pyridine rings is 1. The number of halogens is 3. The second-order valence-corrected chi connectivity index (χ2v) is 6.87. The maximum atomic E-state index is 12.8. The first-order valence-corrected chi connectivity index (χ1v) is 9.01. The van der Waals surface area contributed by atoms with E-state index in [0.717, 1.165) is 23.7 Å². The van der Waals surface area contributed by atoms with Crippen LogP contribution in [0.25, 0.3) is 5.78 Å². The molecule has 3 aromatic heterocycles. The van der Waals surface area contributed by atoms with Crippen molar-refractivity contribution in [2.45, 2.75) is 20.0 Å². The van der Waals surface area contributed by atoms with Gasteiger partial charge in [0.2, 0.25) is 5.82 Å². The second kappa shape index (κ2) is 6.98. The van der Waals surface area contributed by atoms with E-state index in [-0.39, 0.29) is 11.7 Å². The summed E-state index contributed by atoms with van der Waals surface area (Å²) in [6, 6.07) is 4.21. The average Bonchev–Trinajstić information content (AvgIpc) is 3.11. The Hall–Kier alpha value is -3.24. The molecule has 1 aliphatic heterocycles. The smallest absolute Gasteiger partial charge is 0.353 e. The number of carbonyl (C=O) groups is 1. The van der Waals surface area contributed by atoms with Gasteiger partial charge < -0.3 is 9.80 Å². The number of aryl methyl sites for hydroxylation is 2. The van der Waals surface area contributed by atoms with Gasteiger partial charge in [-0.1, -0.05) is 0 Å². The number of anilines is 1. The van der Waals surface area contributed by atoms with Crippen molar-refractivity contribution in [1.29, 1.82) is 0 Å². The lowest BCUT2D eigenvalue weighted by Gasteiger charge is -2.34. The second-order valence-electron chi connectivity index (χ2n) is 6.87. The fraction of sp³-hybridized carbons (Fsp3) is 0.389. The maximum Gasteiger partial charge on any atom is 0.417 e. The van der Waals surface area contributed by atoms with Crippen LogP contribution < -0.4 is 4.90 Å². The molecule has 0 aromatic carbocycles. The fourth-order valence-electron chi connectivity index (χ4n) is 3.28. The number of aromatic nitrogens is 5. The van der Waals surface area contributed by atoms with E-state index in [4.69, 9.17) is 0 Å². The van der Waals surface area contributed by atoms with E-state index >= 15 is 0 Å². The van der Waals surface area contributed by atoms with Crippen LogP contribution in [0.15, 0.2) is 24.4 Å². The van der Waals surface area contributed by atoms with Crippen molar-refractivity contribution in [2.24, 2.45) is 0 Å². The molecule has 8 nitrogen and oxygen atoms in total. The number of nitrogens with zero attached hydrogens (tertiary/aromatic N) is 7. The van der Waals surface area contributed by atoms with E-state index in [9.17, 15) is 18.0 Å². The Bertz CT molecular complexity index is 1050. The van der Waals surface area contributed by atoms with Crippen LogP contribution in [0, 0.1) is 13.8 Å². The number of rotatable bonds is 2. The van der Waals surface area contributed by atoms with Gasteiger partial charge >= 0.3 is 6.18 Å². The summed E-state index contributed by atoms with van der Waals surface area (Å²) in [6.07, 6.45) is -3.59. The summed E-state index contributed by atoms with van der Waals surface area (Å²) >= 11 is 0. The summed E-state index contributed by atoms with van der Waals surface area (Å²) in [6.45, 7) is 5.39. The Kier molecular flexibility index (Phi) is 4.59. The van der Waals surface area contributed by atoms with Crippen molar-refractivity contribution >= 4 is 17.5 Å². The van der Waals surface area contributed by atoms with Crippen molar-refractivity contribution in [3.8, 4) is 0 Å². The van der Waals surface area contributed by atoms with Crippen molar-refractivity contribution in [3.05, 3.63) is 47.2 Å². The Morgan fingerprint density at radius 1 is 1.07 bits per heavy atom. The molecular weight excluding hydrogens is 387 g/mol. The normalized spacial score (nSPS) is 15.2. The molecule has 11 heteroatoms. The lowest BCUT2D eigenvalue weighted by atomic mass is 10.2. The highest BCUT2D eigenvalue weighted by Gasteiger charge is 2.31. The Morgan fingerprint density at radius 2 is 1.79 bits per heavy atom. The third-order valence-corrected chi connectivity index (χ3v) is 4.78. The number of hydrogen-bond donors (Lipinski definition) is 0. The van der Waals surface area contributed by atoms with E-state index in [1.54, 1.807) is 4.90 Å². The zero-order valence-electron chi connectivity index (χ0n) is 15.8. The summed E-state index contributed by atoms with van der Waals surface area (Å²) < 4.78 is 39.5. The van der Waals surface area contributed by atoms with Crippen LogP contribution in [0.2, 0.25) is 0 Å². The van der Waals surface area contributed by atoms with E-state index in [1.165, 1.54) is 10.6 Å². The number of fused-ring (bicyclic) bond motifs is 1. The molecule has 4 heterocycles. The molecular formula is C18H18F3N7O. The van der Waals surface area contributed by atoms with Gasteiger partial charge in [-0.25, -0.2) is 14.5 Å². The predicted octanol–water partition coefficient (Wildman–Crippen LogP) is 2.12. The highest BCUT2D eigenvalue weighted by atomic mass is 19.4. The molecule has 29 heavy (non-hydrogen) atoms. The minimum atomic E-state index is -4.41. The summed E-state index contributed by atoms with van der Waals surface area (Å²) in [7, 11) is 0. The van der Waals surface area contributed by atoms with Crippen LogP contribution in [0.1, 0.15) is 27.6 Å². The van der Waals surface area contributed by atoms with Crippen molar-refractivity contribution in [3.63, 3.8) is 0 Å². The highest BCUT2D eigenvalue weighted by molar-refractivity contribution is 5.91. The first-order chi connectivity index (χ1) is 13.7. The molecule has 0 aliphatic carbocycles. The van der Waals surface area contributed by atoms with E-state index in [0.29, 0.717) is 37.8 Å². The van der Waals surface area contributed by atoms with Crippen LogP contribution in [-0.4, -0.2) is 61.6 Å². The van der Waals surface area contributed by atoms with Crippen molar-refractivity contribution in [1.82, 2.24) is 29.5 Å². The molecule has 0 unspecified atom stereocenters. The van der Waals surface area contributed by atoms with Gasteiger partial charge in [-0.2, -0.15) is 18.2 Å². The average molecular weight is 405 g/mol. The number of hydrogen-bond acceptors (Lipinski definition) is 6. The first kappa shape index (κ1) is 19.1. The van der Waals surface area contributed by atoms with E-state index in [2.05, 4.69) is 20.1 Å². The summed E-state index contributed by atoms with van der Waals surface area (Å²) in [5.41, 5.74) is 0.837. The molecule has 0 atom stereocenters. The van der Waals surface area contributed by atoms with Crippen LogP contribution >= 0.6 is 0 Å². The molecule has 3 aromatic rings. The summed E-state index contributed by atoms with van der Waals surface area (Å²) in [5.74, 6) is 0.601. The molecule has 0 saturated carbocycles. The zero-order chi connectivity index (χ0) is 20.8. The quantitative estimate of drug-likeness (QED) is 0.650. The topological polar surface area (TPSA) is 79.5 Å². The number of piperazine rings is 1. The minimum absolute atomic E-state index is 0.0762. The predicted molar refractivity (Wildman–Crippen MR) is 97.6 cm³/mol. The minimum Gasteiger partial charge on any atom is -0.353 e. The van der Waals surface area contributed by atoms with Crippen molar-refractivity contribution in [2.75, 3.05) is 31.1 Å². The van der Waals surface area contributed by atoms with Gasteiger partial charge in [0, 0.05) is 43.8 Å². The Labute approximate surface area is 164 Å². The number of amides is 1. The van der Waals surface area contributed by atoms with Crippen LogP contribution in [0.5, 0.6) is 0 Å². The van der Waals surface area contributed by atoms with Crippen molar-refractivity contribution < 1.29 is 18.0 Å². The lowest BCUT2D eigenvalue weighted by molar-refractivity contribution is -0.137. The molecule has 1 aliphatic rings. The zero-order valence-corrected chi connectivity index (χ0v) is 15.8. The van der Waals surface area contributed by atoms with Gasteiger partial charge in [-0.05, 0) is 32.0 Å². The molecule has 152 valence electrons. The third-order valence-electron chi connectivity index (χ3n) is 4.78. The molecule has 0 N–H and O–H groups in total. The highest BCUT2D eigenvalue weighted by Crippen LogP contribution is 2.29. The SMILES string of the molecule is Cc1cc(C)n2nc(C(=O)N3CCN(c4ccc(C(F)(F)F)cn4)CC3)nc2n1. The standard InChI is InChI=1S/C18H18F3N7O/c1-11-9-12(2)28-17(23-11)24-15(25-28)16(29)27-7-5-26(6-8-27)14-4-3-13(10-22-14)18(19,20)21/h3-4,9-10H,5-8H2,1-2H3. The maximum absolute atomic E-state index is 12.8. The molecule has 1 amide bonds. The number of alkyl halides is 3. The van der Waals surface area contributed by atoms with Gasteiger partial charge in [0.1, 0.15) is 5.82 Å². The van der Waals surface area contributed by atoms with Crippen LogP contribution in [0.3, 0.4) is 0 Å². The molecule has 1 saturated heterocycles. The number of carbonyl (C=O) groups excluding carboxylic acids is 1. The largest absolute Gasteiger partial charge is 0.417 e. The first-order valence-electron chi connectivity index (χ1n) is 9.01. The van der Waals surface area contributed by atoms with Gasteiger partial charge in [0.25, 0.3) is 11.7 Å². The van der Waals surface area contributed by atoms with E-state index in [1.807, 2.05) is 24.8 Å². The molecule has 0 bridgehead atoms. The van der Waals surface area contributed by atoms with Gasteiger partial charge in [0.15, 0.2) is 0 Å². The monoisotopic (exact) mass is 405 g/mol. The van der Waals surface area contributed by atoms with Gasteiger partial charge in [-0.3, -0.25) is 4.79 Å². The van der Waals surface area contributed by atoms with Gasteiger partial charge in [-0.15, -0.1) is 5.10 Å². The summed E-state index contributed by atoms with van der Waals surface area (Å²) in [4.78, 5) is 28.7. The Balaban J connectivity index is 1.44. The van der Waals surface area contributed by atoms with Crippen LogP contribution in [-0.2, 0) is 6.18 Å². The Morgan fingerprint density at radius 3 is 2.41 bits per heavy atom. The fourth-order valence-corrected chi connectivity index (χ4v) is 3.28. The third kappa shape index (κ3) is 3.71. The summed E-state index contributed by atoms with van der Waals surface area (Å²) in [5, 5.41) is 4.26. The van der Waals surface area contributed by atoms with Gasteiger partial charge in [0.05, 0.1) is 5.56 Å². The van der Waals surface area contributed by atoms with E-state index < -0.39 is 11.7 Å². The molecule has 1 fully saturated rings. The van der Waals surface area contributed by atoms with Crippen LogP contribution in [0.4, 0.5) is 19.0 Å². The molecule has 0 spiro atoms. The molecule has 4 rings (SSSR count). The lowest BCUT2D eigenvalue weighted by Crippen LogP contribution is -2.49.